The Bertz CT molecular complexity index is 1900. The van der Waals surface area contributed by atoms with Gasteiger partial charge in [-0.25, -0.2) is 14.6 Å². The maximum Gasteiger partial charge on any atom is 0.416 e. The third-order valence-corrected chi connectivity index (χ3v) is 9.31. The summed E-state index contributed by atoms with van der Waals surface area (Å²) in [6, 6.07) is 6.85. The van der Waals surface area contributed by atoms with Gasteiger partial charge in [0.2, 0.25) is 0 Å². The molecule has 0 spiro atoms. The van der Waals surface area contributed by atoms with Crippen LogP contribution in [0.4, 0.5) is 44.3 Å². The van der Waals surface area contributed by atoms with Crippen molar-refractivity contribution in [2.45, 2.75) is 64.4 Å². The summed E-state index contributed by atoms with van der Waals surface area (Å²) in [7, 11) is 0. The van der Waals surface area contributed by atoms with Gasteiger partial charge in [0, 0.05) is 16.0 Å². The zero-order valence-electron chi connectivity index (χ0n) is 25.6. The molecule has 260 valence electrons. The van der Waals surface area contributed by atoms with E-state index in [2.05, 4.69) is 0 Å². The molecule has 16 heteroatoms. The van der Waals surface area contributed by atoms with E-state index in [0.717, 1.165) is 17.0 Å². The van der Waals surface area contributed by atoms with Gasteiger partial charge in [-0.3, -0.25) is 4.90 Å². The monoisotopic (exact) mass is 716 g/mol. The predicted molar refractivity (Wildman–Crippen MR) is 160 cm³/mol. The molecule has 1 aliphatic heterocycles. The first-order valence-electron chi connectivity index (χ1n) is 14.5. The minimum absolute atomic E-state index is 0.0449. The fraction of sp³-hybridized carbons (Fsp3) is 0.303. The number of aromatic carboxylic acids is 1. The highest BCUT2D eigenvalue weighted by Crippen LogP contribution is 2.43. The minimum Gasteiger partial charge on any atom is -0.478 e. The number of benzene rings is 3. The Morgan fingerprint density at radius 2 is 1.47 bits per heavy atom. The first-order valence-corrected chi connectivity index (χ1v) is 15.3. The van der Waals surface area contributed by atoms with Crippen molar-refractivity contribution in [3.05, 3.63) is 98.4 Å². The molecule has 2 heterocycles. The number of cyclic esters (lactones) is 1. The number of carbonyl (C=O) groups excluding carboxylic acids is 1. The lowest BCUT2D eigenvalue weighted by atomic mass is 9.96. The van der Waals surface area contributed by atoms with Crippen LogP contribution in [0.15, 0.2) is 54.6 Å². The summed E-state index contributed by atoms with van der Waals surface area (Å²) in [5, 5.41) is 9.77. The van der Waals surface area contributed by atoms with Gasteiger partial charge in [-0.05, 0) is 79.4 Å². The quantitative estimate of drug-likeness (QED) is 0.193. The molecule has 1 saturated heterocycles. The largest absolute Gasteiger partial charge is 0.478 e. The highest BCUT2D eigenvalue weighted by molar-refractivity contribution is 7.15. The van der Waals surface area contributed by atoms with Crippen LogP contribution < -0.4 is 0 Å². The number of aryl methyl sites for hydroxylation is 2. The zero-order valence-corrected chi connectivity index (χ0v) is 26.5. The molecule has 3 aromatic carbocycles. The summed E-state index contributed by atoms with van der Waals surface area (Å²) in [6.45, 7) is 4.22. The SMILES string of the molecule is CCc1sc(-c2ccc(C(=O)O)cc2C)nc1-c1ccc(C(F)(F)F)cc1CN1C(=O)O[C@H](c2cc(C(F)(F)F)cc(C(F)(F)F)c2)[C@@H]1C. The lowest BCUT2D eigenvalue weighted by molar-refractivity contribution is -0.143. The van der Waals surface area contributed by atoms with Crippen LogP contribution in [0.5, 0.6) is 0 Å². The zero-order chi connectivity index (χ0) is 36.2. The standard InChI is InChI=1S/C33H25F9N2O4S/c1-4-25-26(43-28(49-25)23-7-5-17(29(45)46)9-15(23)2)24-8-6-20(31(34,35)36)12-19(24)14-44-16(3)27(48-30(44)47)18-10-21(32(37,38)39)13-22(11-18)33(40,41)42/h5-13,16,27H,4,14H2,1-3H3,(H,45,46)/t16-,27-/m0/s1. The fourth-order valence-corrected chi connectivity index (χ4v) is 6.68. The average Bonchev–Trinajstić information content (AvgIpc) is 3.55. The van der Waals surface area contributed by atoms with Crippen LogP contribution in [0.1, 0.15) is 68.6 Å². The second-order valence-corrected chi connectivity index (χ2v) is 12.4. The van der Waals surface area contributed by atoms with Crippen LogP contribution in [-0.2, 0) is 36.2 Å². The van der Waals surface area contributed by atoms with Crippen molar-refractivity contribution in [1.29, 1.82) is 0 Å². The van der Waals surface area contributed by atoms with Crippen LogP contribution in [-0.4, -0.2) is 33.1 Å². The van der Waals surface area contributed by atoms with Gasteiger partial charge >= 0.3 is 30.6 Å². The second-order valence-electron chi connectivity index (χ2n) is 11.4. The molecular formula is C33H25F9N2O4S. The molecule has 2 atom stereocenters. The summed E-state index contributed by atoms with van der Waals surface area (Å²) in [6.07, 6.45) is -17.5. The number of aromatic nitrogens is 1. The molecule has 1 fully saturated rings. The third-order valence-electron chi connectivity index (χ3n) is 8.08. The van der Waals surface area contributed by atoms with Crippen LogP contribution in [0.25, 0.3) is 21.8 Å². The second kappa shape index (κ2) is 12.7. The van der Waals surface area contributed by atoms with Crippen LogP contribution in [0.3, 0.4) is 0 Å². The van der Waals surface area contributed by atoms with E-state index in [4.69, 9.17) is 9.72 Å². The van der Waals surface area contributed by atoms with E-state index in [1.165, 1.54) is 36.5 Å². The number of hydrogen-bond donors (Lipinski definition) is 1. The lowest BCUT2D eigenvalue weighted by Gasteiger charge is -2.24. The number of thiazole rings is 1. The average molecular weight is 717 g/mol. The summed E-state index contributed by atoms with van der Waals surface area (Å²) >= 11 is 1.23. The maximum atomic E-state index is 13.9. The molecule has 5 rings (SSSR count). The van der Waals surface area contributed by atoms with Crippen molar-refractivity contribution in [3.63, 3.8) is 0 Å². The summed E-state index contributed by atoms with van der Waals surface area (Å²) in [5.41, 5.74) is -3.22. The molecule has 0 unspecified atom stereocenters. The van der Waals surface area contributed by atoms with E-state index < -0.39 is 71.5 Å². The Morgan fingerprint density at radius 3 is 2.00 bits per heavy atom. The molecule has 0 aliphatic carbocycles. The molecule has 1 amide bonds. The predicted octanol–water partition coefficient (Wildman–Crippen LogP) is 10.2. The van der Waals surface area contributed by atoms with Crippen molar-refractivity contribution in [2.24, 2.45) is 0 Å². The van der Waals surface area contributed by atoms with Gasteiger partial charge in [-0.1, -0.05) is 19.1 Å². The van der Waals surface area contributed by atoms with Gasteiger partial charge in [0.05, 0.1) is 40.5 Å². The van der Waals surface area contributed by atoms with Gasteiger partial charge in [-0.15, -0.1) is 11.3 Å². The molecule has 0 radical (unpaired) electrons. The van der Waals surface area contributed by atoms with Crippen LogP contribution >= 0.6 is 11.3 Å². The lowest BCUT2D eigenvalue weighted by Crippen LogP contribution is -2.32. The molecule has 1 N–H and O–H groups in total. The van der Waals surface area contributed by atoms with Crippen LogP contribution in [0.2, 0.25) is 0 Å². The molecule has 1 aromatic heterocycles. The third kappa shape index (κ3) is 7.23. The van der Waals surface area contributed by atoms with Gasteiger partial charge in [0.25, 0.3) is 0 Å². The van der Waals surface area contributed by atoms with Gasteiger partial charge in [0.1, 0.15) is 11.1 Å². The number of halogens is 9. The van der Waals surface area contributed by atoms with E-state index in [0.29, 0.717) is 39.6 Å². The summed E-state index contributed by atoms with van der Waals surface area (Å²) in [5.74, 6) is -1.14. The first-order chi connectivity index (χ1) is 22.7. The summed E-state index contributed by atoms with van der Waals surface area (Å²) < 4.78 is 128. The number of ether oxygens (including phenoxy) is 1. The number of rotatable bonds is 7. The normalized spacial score (nSPS) is 17.1. The number of nitrogens with zero attached hydrogens (tertiary/aromatic N) is 2. The molecule has 6 nitrogen and oxygen atoms in total. The van der Waals surface area contributed by atoms with Crippen molar-refractivity contribution >= 4 is 23.4 Å². The van der Waals surface area contributed by atoms with Crippen molar-refractivity contribution in [3.8, 4) is 21.8 Å². The fourth-order valence-electron chi connectivity index (χ4n) is 5.57. The topological polar surface area (TPSA) is 79.7 Å². The van der Waals surface area contributed by atoms with E-state index in [1.54, 1.807) is 19.9 Å². The Balaban J connectivity index is 1.57. The van der Waals surface area contributed by atoms with Crippen molar-refractivity contribution in [2.75, 3.05) is 0 Å². The number of amides is 1. The van der Waals surface area contributed by atoms with Gasteiger partial charge in [-0.2, -0.15) is 39.5 Å². The molecule has 0 saturated carbocycles. The van der Waals surface area contributed by atoms with E-state index in [1.807, 2.05) is 0 Å². The van der Waals surface area contributed by atoms with Gasteiger partial charge < -0.3 is 9.84 Å². The Hall–Kier alpha value is -4.60. The molecular weight excluding hydrogens is 691 g/mol. The van der Waals surface area contributed by atoms with Crippen molar-refractivity contribution < 1.29 is 58.9 Å². The molecule has 0 bridgehead atoms. The van der Waals surface area contributed by atoms with Crippen molar-refractivity contribution in [1.82, 2.24) is 9.88 Å². The minimum atomic E-state index is -5.16. The Kier molecular flexibility index (Phi) is 9.25. The molecule has 49 heavy (non-hydrogen) atoms. The molecule has 4 aromatic rings. The van der Waals surface area contributed by atoms with Crippen LogP contribution in [0, 0.1) is 6.92 Å². The Morgan fingerprint density at radius 1 is 0.878 bits per heavy atom. The number of hydrogen-bond acceptors (Lipinski definition) is 5. The Labute approximate surface area is 276 Å². The smallest absolute Gasteiger partial charge is 0.416 e. The maximum absolute atomic E-state index is 13.9. The number of carboxylic acid groups (broad SMARTS) is 1. The van der Waals surface area contributed by atoms with E-state index in [9.17, 15) is 54.2 Å². The summed E-state index contributed by atoms with van der Waals surface area (Å²) in [4.78, 5) is 30.8. The van der Waals surface area contributed by atoms with E-state index in [-0.39, 0.29) is 28.5 Å². The highest BCUT2D eigenvalue weighted by atomic mass is 32.1. The number of alkyl halides is 9. The number of carbonyl (C=O) groups is 2. The first kappa shape index (κ1) is 35.7. The molecule has 1 aliphatic rings. The van der Waals surface area contributed by atoms with E-state index >= 15 is 0 Å². The highest BCUT2D eigenvalue weighted by Gasteiger charge is 2.44. The number of carboxylic acids is 1. The van der Waals surface area contributed by atoms with Gasteiger partial charge in [0.15, 0.2) is 0 Å².